The summed E-state index contributed by atoms with van der Waals surface area (Å²) in [4.78, 5) is 4.25. The fourth-order valence-corrected chi connectivity index (χ4v) is 2.10. The summed E-state index contributed by atoms with van der Waals surface area (Å²) in [5.74, 6) is 0.983. The van der Waals surface area contributed by atoms with Crippen molar-refractivity contribution in [3.63, 3.8) is 0 Å². The molecule has 100 valence electrons. The van der Waals surface area contributed by atoms with Crippen LogP contribution < -0.4 is 10.5 Å². The molecule has 0 atom stereocenters. The number of rotatable bonds is 2. The van der Waals surface area contributed by atoms with Crippen molar-refractivity contribution in [2.75, 3.05) is 5.73 Å². The van der Waals surface area contributed by atoms with Gasteiger partial charge in [-0.05, 0) is 55.0 Å². The van der Waals surface area contributed by atoms with Gasteiger partial charge in [0.1, 0.15) is 17.3 Å². The molecule has 3 aromatic rings. The van der Waals surface area contributed by atoms with E-state index in [4.69, 9.17) is 10.5 Å². The molecule has 0 aliphatic carbocycles. The largest absolute Gasteiger partial charge is 0.456 e. The summed E-state index contributed by atoms with van der Waals surface area (Å²) in [6.07, 6.45) is 1.69. The van der Waals surface area contributed by atoms with Gasteiger partial charge in [-0.2, -0.15) is 0 Å². The first kappa shape index (κ1) is 12.4. The number of aromatic nitrogens is 1. The van der Waals surface area contributed by atoms with Gasteiger partial charge in [-0.3, -0.25) is 4.98 Å². The molecule has 0 radical (unpaired) electrons. The van der Waals surface area contributed by atoms with E-state index in [0.717, 1.165) is 10.9 Å². The molecule has 20 heavy (non-hydrogen) atoms. The lowest BCUT2D eigenvalue weighted by Gasteiger charge is -2.11. The maximum atomic E-state index is 13.1. The van der Waals surface area contributed by atoms with Crippen LogP contribution in [-0.2, 0) is 0 Å². The highest BCUT2D eigenvalue weighted by atomic mass is 19.1. The van der Waals surface area contributed by atoms with Crippen LogP contribution in [0.4, 0.5) is 10.1 Å². The number of aryl methyl sites for hydroxylation is 1. The lowest BCUT2D eigenvalue weighted by Crippen LogP contribution is -1.93. The maximum absolute atomic E-state index is 13.1. The number of nitrogen functional groups attached to an aromatic ring is 1. The van der Waals surface area contributed by atoms with E-state index in [1.807, 2.05) is 12.1 Å². The van der Waals surface area contributed by atoms with Crippen molar-refractivity contribution in [1.82, 2.24) is 4.98 Å². The predicted octanol–water partition coefficient (Wildman–Crippen LogP) is 4.06. The molecule has 3 nitrogen and oxygen atoms in total. The van der Waals surface area contributed by atoms with Gasteiger partial charge in [0.05, 0.1) is 11.2 Å². The third-order valence-corrected chi connectivity index (χ3v) is 3.12. The van der Waals surface area contributed by atoms with Gasteiger partial charge in [-0.1, -0.05) is 0 Å². The van der Waals surface area contributed by atoms with Gasteiger partial charge in [-0.15, -0.1) is 0 Å². The zero-order chi connectivity index (χ0) is 14.1. The quantitative estimate of drug-likeness (QED) is 0.713. The Balaban J connectivity index is 2.09. The van der Waals surface area contributed by atoms with Crippen molar-refractivity contribution >= 4 is 16.6 Å². The topological polar surface area (TPSA) is 48.1 Å². The van der Waals surface area contributed by atoms with Gasteiger partial charge in [0.25, 0.3) is 0 Å². The average Bonchev–Trinajstić information content (AvgIpc) is 2.45. The van der Waals surface area contributed by atoms with Crippen molar-refractivity contribution in [3.8, 4) is 11.5 Å². The van der Waals surface area contributed by atoms with Crippen molar-refractivity contribution in [2.45, 2.75) is 6.92 Å². The lowest BCUT2D eigenvalue weighted by atomic mass is 10.1. The molecule has 4 heteroatoms. The van der Waals surface area contributed by atoms with Gasteiger partial charge in [0.15, 0.2) is 0 Å². The Kier molecular flexibility index (Phi) is 2.99. The second-order valence-electron chi connectivity index (χ2n) is 4.56. The van der Waals surface area contributed by atoms with E-state index in [1.54, 1.807) is 31.3 Å². The van der Waals surface area contributed by atoms with E-state index in [0.29, 0.717) is 22.7 Å². The number of fused-ring (bicyclic) bond motifs is 1. The Morgan fingerprint density at radius 2 is 1.90 bits per heavy atom. The van der Waals surface area contributed by atoms with E-state index in [-0.39, 0.29) is 5.82 Å². The summed E-state index contributed by atoms with van der Waals surface area (Å²) >= 11 is 0. The molecule has 3 rings (SSSR count). The number of anilines is 1. The SMILES string of the molecule is Cc1cc(F)ccc1Oc1ccc(N)c2ncccc12. The van der Waals surface area contributed by atoms with E-state index in [1.165, 1.54) is 12.1 Å². The molecule has 0 unspecified atom stereocenters. The normalized spacial score (nSPS) is 10.7. The first-order valence-corrected chi connectivity index (χ1v) is 6.22. The number of nitrogens with zero attached hydrogens (tertiary/aromatic N) is 1. The summed E-state index contributed by atoms with van der Waals surface area (Å²) in [6.45, 7) is 1.80. The number of ether oxygens (including phenoxy) is 1. The van der Waals surface area contributed by atoms with Crippen LogP contribution in [-0.4, -0.2) is 4.98 Å². The molecule has 2 N–H and O–H groups in total. The standard InChI is InChI=1S/C16H13FN2O/c1-10-9-11(17)4-6-14(10)20-15-7-5-13(18)16-12(15)3-2-8-19-16/h2-9H,18H2,1H3. The second kappa shape index (κ2) is 4.81. The van der Waals surface area contributed by atoms with E-state index < -0.39 is 0 Å². The Labute approximate surface area is 115 Å². The van der Waals surface area contributed by atoms with E-state index in [2.05, 4.69) is 4.98 Å². The van der Waals surface area contributed by atoms with Crippen LogP contribution in [0.2, 0.25) is 0 Å². The van der Waals surface area contributed by atoms with Crippen LogP contribution in [0.25, 0.3) is 10.9 Å². The van der Waals surface area contributed by atoms with E-state index >= 15 is 0 Å². The van der Waals surface area contributed by atoms with Gasteiger partial charge >= 0.3 is 0 Å². The zero-order valence-corrected chi connectivity index (χ0v) is 10.9. The number of benzene rings is 2. The molecular formula is C16H13FN2O. The lowest BCUT2D eigenvalue weighted by molar-refractivity contribution is 0.482. The summed E-state index contributed by atoms with van der Waals surface area (Å²) in [6, 6.07) is 11.7. The fourth-order valence-electron chi connectivity index (χ4n) is 2.10. The minimum Gasteiger partial charge on any atom is -0.456 e. The molecule has 0 saturated carbocycles. The molecule has 0 aliphatic heterocycles. The third-order valence-electron chi connectivity index (χ3n) is 3.12. The Bertz CT molecular complexity index is 787. The molecule has 0 fully saturated rings. The molecular weight excluding hydrogens is 255 g/mol. The van der Waals surface area contributed by atoms with Crippen molar-refractivity contribution < 1.29 is 9.13 Å². The summed E-state index contributed by atoms with van der Waals surface area (Å²) in [5.41, 5.74) is 7.94. The van der Waals surface area contributed by atoms with Gasteiger partial charge in [0.2, 0.25) is 0 Å². The number of hydrogen-bond acceptors (Lipinski definition) is 3. The minimum atomic E-state index is -0.279. The molecule has 1 aromatic heterocycles. The van der Waals surface area contributed by atoms with Crippen LogP contribution in [0.15, 0.2) is 48.7 Å². The highest BCUT2D eigenvalue weighted by Gasteiger charge is 2.08. The van der Waals surface area contributed by atoms with Crippen LogP contribution in [0, 0.1) is 12.7 Å². The highest BCUT2D eigenvalue weighted by Crippen LogP contribution is 2.33. The maximum Gasteiger partial charge on any atom is 0.136 e. The third kappa shape index (κ3) is 2.16. The first-order chi connectivity index (χ1) is 9.65. The van der Waals surface area contributed by atoms with Crippen LogP contribution >= 0.6 is 0 Å². The number of hydrogen-bond donors (Lipinski definition) is 1. The van der Waals surface area contributed by atoms with Gasteiger partial charge < -0.3 is 10.5 Å². The Morgan fingerprint density at radius 3 is 2.70 bits per heavy atom. The Hall–Kier alpha value is -2.62. The average molecular weight is 268 g/mol. The molecule has 0 spiro atoms. The monoisotopic (exact) mass is 268 g/mol. The summed E-state index contributed by atoms with van der Waals surface area (Å²) < 4.78 is 19.0. The van der Waals surface area contributed by atoms with Crippen LogP contribution in [0.1, 0.15) is 5.56 Å². The van der Waals surface area contributed by atoms with Gasteiger partial charge in [-0.25, -0.2) is 4.39 Å². The number of halogens is 1. The first-order valence-electron chi connectivity index (χ1n) is 6.22. The summed E-state index contributed by atoms with van der Waals surface area (Å²) in [5, 5.41) is 0.830. The minimum absolute atomic E-state index is 0.279. The van der Waals surface area contributed by atoms with Crippen LogP contribution in [0.5, 0.6) is 11.5 Å². The van der Waals surface area contributed by atoms with Crippen molar-refractivity contribution in [3.05, 3.63) is 60.0 Å². The Morgan fingerprint density at radius 1 is 1.10 bits per heavy atom. The molecule has 1 heterocycles. The smallest absolute Gasteiger partial charge is 0.136 e. The number of pyridine rings is 1. The summed E-state index contributed by atoms with van der Waals surface area (Å²) in [7, 11) is 0. The predicted molar refractivity (Wildman–Crippen MR) is 77.4 cm³/mol. The molecule has 0 bridgehead atoms. The second-order valence-corrected chi connectivity index (χ2v) is 4.56. The zero-order valence-electron chi connectivity index (χ0n) is 10.9. The number of nitrogens with two attached hydrogens (primary N) is 1. The molecule has 0 amide bonds. The van der Waals surface area contributed by atoms with Crippen LogP contribution in [0.3, 0.4) is 0 Å². The fraction of sp³-hybridized carbons (Fsp3) is 0.0625. The van der Waals surface area contributed by atoms with Crippen molar-refractivity contribution in [1.29, 1.82) is 0 Å². The van der Waals surface area contributed by atoms with Crippen molar-refractivity contribution in [2.24, 2.45) is 0 Å². The highest BCUT2D eigenvalue weighted by molar-refractivity contribution is 5.93. The molecule has 0 saturated heterocycles. The molecule has 0 aliphatic rings. The van der Waals surface area contributed by atoms with Gasteiger partial charge in [0, 0.05) is 11.6 Å². The van der Waals surface area contributed by atoms with E-state index in [9.17, 15) is 4.39 Å². The molecule has 2 aromatic carbocycles.